The molecule has 0 aromatic carbocycles. The summed E-state index contributed by atoms with van der Waals surface area (Å²) in [5.74, 6) is -2.10. The van der Waals surface area contributed by atoms with Crippen LogP contribution in [0.25, 0.3) is 11.1 Å². The molecule has 0 radical (unpaired) electrons. The van der Waals surface area contributed by atoms with Crippen LogP contribution >= 0.6 is 0 Å². The first-order valence-electron chi connectivity index (χ1n) is 3.46. The lowest BCUT2D eigenvalue weighted by Crippen LogP contribution is -1.91. The van der Waals surface area contributed by atoms with E-state index in [9.17, 15) is 9.18 Å². The summed E-state index contributed by atoms with van der Waals surface area (Å²) in [6.07, 6.45) is 0. The van der Waals surface area contributed by atoms with Crippen LogP contribution < -0.4 is 0 Å². The fourth-order valence-corrected chi connectivity index (χ4v) is 1.00. The lowest BCUT2D eigenvalue weighted by Gasteiger charge is -1.85. The van der Waals surface area contributed by atoms with Gasteiger partial charge in [-0.25, -0.2) is 9.78 Å². The molecule has 13 heavy (non-hydrogen) atoms. The number of aromatic nitrogens is 1. The van der Waals surface area contributed by atoms with E-state index in [2.05, 4.69) is 4.98 Å². The summed E-state index contributed by atoms with van der Waals surface area (Å²) < 4.78 is 17.4. The summed E-state index contributed by atoms with van der Waals surface area (Å²) in [5, 5.41) is 8.54. The molecule has 2 heterocycles. The Morgan fingerprint density at radius 2 is 2.31 bits per heavy atom. The van der Waals surface area contributed by atoms with Crippen LogP contribution in [0.3, 0.4) is 0 Å². The van der Waals surface area contributed by atoms with Gasteiger partial charge in [-0.2, -0.15) is 4.39 Å². The van der Waals surface area contributed by atoms with E-state index < -0.39 is 11.9 Å². The van der Waals surface area contributed by atoms with Gasteiger partial charge in [-0.05, 0) is 12.1 Å². The number of carboxylic acids is 1. The van der Waals surface area contributed by atoms with Gasteiger partial charge in [0, 0.05) is 6.07 Å². The molecular weight excluding hydrogens is 177 g/mol. The zero-order valence-corrected chi connectivity index (χ0v) is 6.32. The Labute approximate surface area is 71.6 Å². The smallest absolute Gasteiger partial charge is 0.371 e. The number of hydrogen-bond acceptors (Lipinski definition) is 3. The fourth-order valence-electron chi connectivity index (χ4n) is 1.00. The van der Waals surface area contributed by atoms with Gasteiger partial charge in [-0.1, -0.05) is 0 Å². The third-order valence-electron chi connectivity index (χ3n) is 1.55. The summed E-state index contributed by atoms with van der Waals surface area (Å²) in [6.45, 7) is 0. The number of pyridine rings is 1. The summed E-state index contributed by atoms with van der Waals surface area (Å²) >= 11 is 0. The van der Waals surface area contributed by atoms with Crippen molar-refractivity contribution in [3.63, 3.8) is 0 Å². The Morgan fingerprint density at radius 1 is 1.54 bits per heavy atom. The van der Waals surface area contributed by atoms with Crippen LogP contribution in [0.15, 0.2) is 22.6 Å². The normalized spacial score (nSPS) is 10.5. The van der Waals surface area contributed by atoms with Crippen molar-refractivity contribution >= 4 is 17.1 Å². The van der Waals surface area contributed by atoms with Crippen molar-refractivity contribution in [2.45, 2.75) is 0 Å². The molecule has 0 bridgehead atoms. The lowest BCUT2D eigenvalue weighted by atomic mass is 10.4. The maximum atomic E-state index is 12.5. The Kier molecular flexibility index (Phi) is 1.51. The largest absolute Gasteiger partial charge is 0.475 e. The van der Waals surface area contributed by atoms with Crippen molar-refractivity contribution in [3.05, 3.63) is 29.9 Å². The Morgan fingerprint density at radius 3 is 3.00 bits per heavy atom. The zero-order chi connectivity index (χ0) is 9.42. The predicted octanol–water partition coefficient (Wildman–Crippen LogP) is 1.67. The molecule has 0 saturated heterocycles. The highest BCUT2D eigenvalue weighted by Gasteiger charge is 2.11. The number of hydrogen-bond donors (Lipinski definition) is 1. The van der Waals surface area contributed by atoms with E-state index >= 15 is 0 Å². The first-order valence-corrected chi connectivity index (χ1v) is 3.46. The van der Waals surface area contributed by atoms with Crippen LogP contribution in [0.4, 0.5) is 4.39 Å². The average Bonchev–Trinajstić information content (AvgIpc) is 2.46. The van der Waals surface area contributed by atoms with Crippen molar-refractivity contribution in [3.8, 4) is 0 Å². The second-order valence-corrected chi connectivity index (χ2v) is 2.43. The Balaban J connectivity index is 2.68. The molecule has 0 amide bonds. The highest BCUT2D eigenvalue weighted by molar-refractivity contribution is 5.89. The second kappa shape index (κ2) is 2.55. The van der Waals surface area contributed by atoms with E-state index in [1.54, 1.807) is 0 Å². The van der Waals surface area contributed by atoms with Gasteiger partial charge < -0.3 is 9.52 Å². The standard InChI is InChI=1S/C8H4FNO3/c9-7-2-1-5-4(10-7)3-6(13-5)8(11)12/h1-3H,(H,11,12). The third kappa shape index (κ3) is 1.24. The number of rotatable bonds is 1. The first-order chi connectivity index (χ1) is 6.16. The number of fused-ring (bicyclic) bond motifs is 1. The molecule has 2 rings (SSSR count). The molecule has 0 saturated carbocycles. The van der Waals surface area contributed by atoms with Crippen molar-refractivity contribution in [1.82, 2.24) is 4.98 Å². The second-order valence-electron chi connectivity index (χ2n) is 2.43. The van der Waals surface area contributed by atoms with Gasteiger partial charge in [0.2, 0.25) is 11.7 Å². The number of halogens is 1. The Hall–Kier alpha value is -1.91. The molecule has 0 aliphatic heterocycles. The summed E-state index contributed by atoms with van der Waals surface area (Å²) in [7, 11) is 0. The number of carbonyl (C=O) groups is 1. The van der Waals surface area contributed by atoms with E-state index in [-0.39, 0.29) is 16.9 Å². The minimum Gasteiger partial charge on any atom is -0.475 e. The molecule has 5 heteroatoms. The quantitative estimate of drug-likeness (QED) is 0.679. The van der Waals surface area contributed by atoms with Gasteiger partial charge in [0.05, 0.1) is 0 Å². The monoisotopic (exact) mass is 181 g/mol. The SMILES string of the molecule is O=C(O)c1cc2nc(F)ccc2o1. The molecule has 0 atom stereocenters. The van der Waals surface area contributed by atoms with Crippen molar-refractivity contribution in [2.75, 3.05) is 0 Å². The van der Waals surface area contributed by atoms with Crippen molar-refractivity contribution in [1.29, 1.82) is 0 Å². The van der Waals surface area contributed by atoms with Crippen LogP contribution in [0.2, 0.25) is 0 Å². The number of nitrogens with zero attached hydrogens (tertiary/aromatic N) is 1. The molecule has 0 aliphatic carbocycles. The molecule has 66 valence electrons. The average molecular weight is 181 g/mol. The van der Waals surface area contributed by atoms with E-state index in [4.69, 9.17) is 9.52 Å². The summed E-state index contributed by atoms with van der Waals surface area (Å²) in [6, 6.07) is 3.63. The summed E-state index contributed by atoms with van der Waals surface area (Å²) in [5.41, 5.74) is 0.469. The van der Waals surface area contributed by atoms with Crippen LogP contribution in [0, 0.1) is 5.95 Å². The molecule has 2 aromatic rings. The molecule has 4 nitrogen and oxygen atoms in total. The minimum absolute atomic E-state index is 0.206. The van der Waals surface area contributed by atoms with Crippen LogP contribution in [0.5, 0.6) is 0 Å². The van der Waals surface area contributed by atoms with Crippen LogP contribution in [-0.4, -0.2) is 16.1 Å². The number of aromatic carboxylic acids is 1. The highest BCUT2D eigenvalue weighted by atomic mass is 19.1. The van der Waals surface area contributed by atoms with Gasteiger partial charge in [0.15, 0.2) is 5.58 Å². The van der Waals surface area contributed by atoms with Gasteiger partial charge >= 0.3 is 5.97 Å². The van der Waals surface area contributed by atoms with Gasteiger partial charge in [-0.15, -0.1) is 0 Å². The molecule has 2 aromatic heterocycles. The summed E-state index contributed by atoms with van der Waals surface area (Å²) in [4.78, 5) is 13.9. The number of furan rings is 1. The Bertz CT molecular complexity index is 477. The molecular formula is C8H4FNO3. The molecule has 0 fully saturated rings. The van der Waals surface area contributed by atoms with Gasteiger partial charge in [0.25, 0.3) is 0 Å². The van der Waals surface area contributed by atoms with Crippen LogP contribution in [-0.2, 0) is 0 Å². The molecule has 0 unspecified atom stereocenters. The maximum absolute atomic E-state index is 12.5. The topological polar surface area (TPSA) is 63.3 Å². The number of carboxylic acid groups (broad SMARTS) is 1. The van der Waals surface area contributed by atoms with Crippen molar-refractivity contribution in [2.24, 2.45) is 0 Å². The highest BCUT2D eigenvalue weighted by Crippen LogP contribution is 2.17. The molecule has 0 spiro atoms. The van der Waals surface area contributed by atoms with Crippen LogP contribution in [0.1, 0.15) is 10.6 Å². The van der Waals surface area contributed by atoms with Gasteiger partial charge in [-0.3, -0.25) is 0 Å². The fraction of sp³-hybridized carbons (Fsp3) is 0. The van der Waals surface area contributed by atoms with E-state index in [1.165, 1.54) is 12.1 Å². The minimum atomic E-state index is -1.20. The van der Waals surface area contributed by atoms with Crippen molar-refractivity contribution < 1.29 is 18.7 Å². The third-order valence-corrected chi connectivity index (χ3v) is 1.55. The van der Waals surface area contributed by atoms with E-state index in [1.807, 2.05) is 0 Å². The lowest BCUT2D eigenvalue weighted by molar-refractivity contribution is 0.0665. The van der Waals surface area contributed by atoms with E-state index in [0.29, 0.717) is 0 Å². The van der Waals surface area contributed by atoms with Gasteiger partial charge in [0.1, 0.15) is 5.52 Å². The molecule has 1 N–H and O–H groups in total. The molecule has 0 aliphatic rings. The first kappa shape index (κ1) is 7.72. The zero-order valence-electron chi connectivity index (χ0n) is 6.32. The van der Waals surface area contributed by atoms with E-state index in [0.717, 1.165) is 6.07 Å². The predicted molar refractivity (Wildman–Crippen MR) is 40.9 cm³/mol. The maximum Gasteiger partial charge on any atom is 0.371 e.